The Bertz CT molecular complexity index is 941. The number of anilines is 1. The molecule has 0 bridgehead atoms. The molecule has 1 aromatic heterocycles. The Kier molecular flexibility index (Phi) is 5.02. The molecular weight excluding hydrogens is 332 g/mol. The first-order valence-electron chi connectivity index (χ1n) is 8.40. The average molecular weight is 352 g/mol. The topological polar surface area (TPSA) is 81.4 Å². The first kappa shape index (κ1) is 17.7. The van der Waals surface area contributed by atoms with Gasteiger partial charge in [0.2, 0.25) is 0 Å². The molecule has 2 aromatic carbocycles. The standard InChI is InChI=1S/C20H20N2O4/c1-4-16(19(23)22-14-9-12(2)8-13(3)10-14)26-20(24)15-6-5-7-17-18(15)21-11-25-17/h5-11,16H,4H2,1-3H3,(H,22,23). The molecule has 0 radical (unpaired) electrons. The van der Waals surface area contributed by atoms with E-state index >= 15 is 0 Å². The predicted octanol–water partition coefficient (Wildman–Crippen LogP) is 4.02. The maximum Gasteiger partial charge on any atom is 0.341 e. The van der Waals surface area contributed by atoms with Gasteiger partial charge in [0.05, 0.1) is 5.56 Å². The molecular formula is C20H20N2O4. The van der Waals surface area contributed by atoms with Crippen LogP contribution in [0.2, 0.25) is 0 Å². The van der Waals surface area contributed by atoms with Gasteiger partial charge in [0, 0.05) is 5.69 Å². The summed E-state index contributed by atoms with van der Waals surface area (Å²) in [6.07, 6.45) is 0.730. The number of nitrogens with one attached hydrogen (secondary N) is 1. The molecule has 0 spiro atoms. The molecule has 0 saturated carbocycles. The summed E-state index contributed by atoms with van der Waals surface area (Å²) in [6.45, 7) is 5.70. The number of hydrogen-bond donors (Lipinski definition) is 1. The fourth-order valence-corrected chi connectivity index (χ4v) is 2.84. The number of amides is 1. The molecule has 1 amide bonds. The first-order valence-corrected chi connectivity index (χ1v) is 8.40. The molecule has 6 heteroatoms. The summed E-state index contributed by atoms with van der Waals surface area (Å²) in [5, 5.41) is 2.81. The quantitative estimate of drug-likeness (QED) is 0.702. The number of rotatable bonds is 5. The first-order chi connectivity index (χ1) is 12.5. The molecule has 1 unspecified atom stereocenters. The van der Waals surface area contributed by atoms with Gasteiger partial charge < -0.3 is 14.5 Å². The number of nitrogens with zero attached hydrogens (tertiary/aromatic N) is 1. The van der Waals surface area contributed by atoms with Gasteiger partial charge in [-0.2, -0.15) is 0 Å². The van der Waals surface area contributed by atoms with Crippen molar-refractivity contribution in [1.82, 2.24) is 4.98 Å². The normalized spacial score (nSPS) is 12.0. The van der Waals surface area contributed by atoms with E-state index < -0.39 is 12.1 Å². The summed E-state index contributed by atoms with van der Waals surface area (Å²) in [7, 11) is 0. The molecule has 0 saturated heterocycles. The minimum absolute atomic E-state index is 0.272. The lowest BCUT2D eigenvalue weighted by molar-refractivity contribution is -0.124. The maximum atomic E-state index is 12.5. The Balaban J connectivity index is 1.75. The number of aromatic nitrogens is 1. The highest BCUT2D eigenvalue weighted by Crippen LogP contribution is 2.19. The van der Waals surface area contributed by atoms with E-state index in [1.807, 2.05) is 32.0 Å². The molecule has 0 fully saturated rings. The lowest BCUT2D eigenvalue weighted by atomic mass is 10.1. The smallest absolute Gasteiger partial charge is 0.341 e. The second kappa shape index (κ2) is 7.39. The molecule has 1 N–H and O–H groups in total. The van der Waals surface area contributed by atoms with Crippen molar-refractivity contribution in [2.45, 2.75) is 33.3 Å². The molecule has 3 aromatic rings. The fourth-order valence-electron chi connectivity index (χ4n) is 2.84. The lowest BCUT2D eigenvalue weighted by Gasteiger charge is -2.16. The summed E-state index contributed by atoms with van der Waals surface area (Å²) in [6, 6.07) is 10.8. The number of esters is 1. The van der Waals surface area contributed by atoms with Crippen LogP contribution in [-0.4, -0.2) is 23.0 Å². The Labute approximate surface area is 151 Å². The Morgan fingerprint density at radius 2 is 1.92 bits per heavy atom. The van der Waals surface area contributed by atoms with Gasteiger partial charge >= 0.3 is 5.97 Å². The number of fused-ring (bicyclic) bond motifs is 1. The zero-order valence-electron chi connectivity index (χ0n) is 14.9. The molecule has 0 aliphatic carbocycles. The zero-order valence-corrected chi connectivity index (χ0v) is 14.9. The summed E-state index contributed by atoms with van der Waals surface area (Å²) in [5.41, 5.74) is 3.95. The van der Waals surface area contributed by atoms with Crippen LogP contribution >= 0.6 is 0 Å². The summed E-state index contributed by atoms with van der Waals surface area (Å²) < 4.78 is 10.6. The predicted molar refractivity (Wildman–Crippen MR) is 98.0 cm³/mol. The van der Waals surface area contributed by atoms with Crippen molar-refractivity contribution in [2.75, 3.05) is 5.32 Å². The van der Waals surface area contributed by atoms with E-state index in [0.717, 1.165) is 11.1 Å². The number of para-hydroxylation sites is 1. The van der Waals surface area contributed by atoms with Crippen LogP contribution < -0.4 is 5.32 Å². The highest BCUT2D eigenvalue weighted by Gasteiger charge is 2.24. The van der Waals surface area contributed by atoms with Crippen molar-refractivity contribution in [3.05, 3.63) is 59.5 Å². The van der Waals surface area contributed by atoms with E-state index in [2.05, 4.69) is 10.3 Å². The van der Waals surface area contributed by atoms with E-state index in [1.165, 1.54) is 6.39 Å². The van der Waals surface area contributed by atoms with Crippen molar-refractivity contribution >= 4 is 28.7 Å². The number of aryl methyl sites for hydroxylation is 2. The van der Waals surface area contributed by atoms with Crippen molar-refractivity contribution in [1.29, 1.82) is 0 Å². The van der Waals surface area contributed by atoms with Gasteiger partial charge in [-0.1, -0.05) is 19.1 Å². The fraction of sp³-hybridized carbons (Fsp3) is 0.250. The summed E-state index contributed by atoms with van der Waals surface area (Å²) in [5.74, 6) is -0.967. The molecule has 6 nitrogen and oxygen atoms in total. The Morgan fingerprint density at radius 3 is 2.62 bits per heavy atom. The Hall–Kier alpha value is -3.15. The van der Waals surface area contributed by atoms with Crippen LogP contribution in [0.5, 0.6) is 0 Å². The number of oxazole rings is 1. The third-order valence-electron chi connectivity index (χ3n) is 3.98. The number of carbonyl (C=O) groups excluding carboxylic acids is 2. The maximum absolute atomic E-state index is 12.5. The van der Waals surface area contributed by atoms with Crippen LogP contribution in [-0.2, 0) is 9.53 Å². The van der Waals surface area contributed by atoms with Gasteiger partial charge in [-0.25, -0.2) is 9.78 Å². The van der Waals surface area contributed by atoms with E-state index in [9.17, 15) is 9.59 Å². The van der Waals surface area contributed by atoms with Crippen molar-refractivity contribution in [3.63, 3.8) is 0 Å². The van der Waals surface area contributed by atoms with Gasteiger partial charge in [0.1, 0.15) is 5.52 Å². The third kappa shape index (κ3) is 3.74. The van der Waals surface area contributed by atoms with Gasteiger partial charge in [-0.3, -0.25) is 4.79 Å². The van der Waals surface area contributed by atoms with Crippen LogP contribution in [0.4, 0.5) is 5.69 Å². The van der Waals surface area contributed by atoms with Crippen molar-refractivity contribution < 1.29 is 18.7 Å². The molecule has 134 valence electrons. The molecule has 0 aliphatic rings. The highest BCUT2D eigenvalue weighted by atomic mass is 16.5. The van der Waals surface area contributed by atoms with Crippen LogP contribution in [0.25, 0.3) is 11.1 Å². The molecule has 0 aliphatic heterocycles. The second-order valence-corrected chi connectivity index (χ2v) is 6.17. The van der Waals surface area contributed by atoms with Crippen LogP contribution in [0.15, 0.2) is 47.2 Å². The molecule has 3 rings (SSSR count). The molecule has 1 atom stereocenters. The van der Waals surface area contributed by atoms with E-state index in [0.29, 0.717) is 23.2 Å². The second-order valence-electron chi connectivity index (χ2n) is 6.17. The van der Waals surface area contributed by atoms with E-state index in [1.54, 1.807) is 25.1 Å². The van der Waals surface area contributed by atoms with Crippen LogP contribution in [0.1, 0.15) is 34.8 Å². The van der Waals surface area contributed by atoms with E-state index in [-0.39, 0.29) is 11.5 Å². The van der Waals surface area contributed by atoms with Gasteiger partial charge in [0.25, 0.3) is 5.91 Å². The number of carbonyl (C=O) groups is 2. The lowest BCUT2D eigenvalue weighted by Crippen LogP contribution is -2.32. The highest BCUT2D eigenvalue weighted by molar-refractivity contribution is 6.03. The minimum atomic E-state index is -0.898. The Morgan fingerprint density at radius 1 is 1.19 bits per heavy atom. The third-order valence-corrected chi connectivity index (χ3v) is 3.98. The molecule has 26 heavy (non-hydrogen) atoms. The van der Waals surface area contributed by atoms with Gasteiger partial charge in [-0.05, 0) is 55.7 Å². The van der Waals surface area contributed by atoms with E-state index in [4.69, 9.17) is 9.15 Å². The summed E-state index contributed by atoms with van der Waals surface area (Å²) in [4.78, 5) is 29.1. The number of ether oxygens (including phenoxy) is 1. The average Bonchev–Trinajstić information content (AvgIpc) is 3.06. The van der Waals surface area contributed by atoms with Crippen molar-refractivity contribution in [2.24, 2.45) is 0 Å². The zero-order chi connectivity index (χ0) is 18.7. The van der Waals surface area contributed by atoms with Crippen molar-refractivity contribution in [3.8, 4) is 0 Å². The van der Waals surface area contributed by atoms with Crippen LogP contribution in [0.3, 0.4) is 0 Å². The SMILES string of the molecule is CCC(OC(=O)c1cccc2ocnc12)C(=O)Nc1cc(C)cc(C)c1. The number of benzene rings is 2. The monoisotopic (exact) mass is 352 g/mol. The van der Waals surface area contributed by atoms with Gasteiger partial charge in [0.15, 0.2) is 18.1 Å². The van der Waals surface area contributed by atoms with Gasteiger partial charge in [-0.15, -0.1) is 0 Å². The largest absolute Gasteiger partial charge is 0.449 e. The number of hydrogen-bond acceptors (Lipinski definition) is 5. The minimum Gasteiger partial charge on any atom is -0.449 e. The molecule has 1 heterocycles. The van der Waals surface area contributed by atoms with Crippen LogP contribution in [0, 0.1) is 13.8 Å². The summed E-state index contributed by atoms with van der Waals surface area (Å²) >= 11 is 0.